The number of ether oxygens (including phenoxy) is 1. The van der Waals surface area contributed by atoms with Crippen LogP contribution in [0.5, 0.6) is 0 Å². The molecule has 1 N–H and O–H groups in total. The molecular weight excluding hydrogens is 200 g/mol. The van der Waals surface area contributed by atoms with Crippen LogP contribution in [0.25, 0.3) is 0 Å². The summed E-state index contributed by atoms with van der Waals surface area (Å²) in [7, 11) is 0. The molecule has 1 aromatic carbocycles. The molecule has 0 unspecified atom stereocenters. The summed E-state index contributed by atoms with van der Waals surface area (Å²) in [6.45, 7) is 3.57. The summed E-state index contributed by atoms with van der Waals surface area (Å²) >= 11 is 0. The highest BCUT2D eigenvalue weighted by molar-refractivity contribution is 5.18. The van der Waals surface area contributed by atoms with Gasteiger partial charge in [-0.05, 0) is 25.1 Å². The first-order chi connectivity index (χ1) is 7.09. The minimum Gasteiger partial charge on any atom is -0.368 e. The maximum absolute atomic E-state index is 13.2. The van der Waals surface area contributed by atoms with E-state index in [0.717, 1.165) is 25.2 Å². The van der Waals surface area contributed by atoms with Crippen LogP contribution in [0, 0.1) is 11.6 Å². The topological polar surface area (TPSA) is 21.3 Å². The summed E-state index contributed by atoms with van der Waals surface area (Å²) in [5, 5.41) is 3.07. The third kappa shape index (κ3) is 2.33. The van der Waals surface area contributed by atoms with Gasteiger partial charge in [-0.15, -0.1) is 0 Å². The van der Waals surface area contributed by atoms with E-state index in [2.05, 4.69) is 5.32 Å². The molecule has 0 atom stereocenters. The van der Waals surface area contributed by atoms with Gasteiger partial charge in [0.25, 0.3) is 0 Å². The minimum absolute atomic E-state index is 0.113. The first-order valence-electron chi connectivity index (χ1n) is 4.88. The van der Waals surface area contributed by atoms with E-state index in [4.69, 9.17) is 4.74 Å². The molecule has 0 bridgehead atoms. The van der Waals surface area contributed by atoms with Gasteiger partial charge in [0.05, 0.1) is 12.2 Å². The number of hydrogen-bond acceptors (Lipinski definition) is 2. The molecule has 1 saturated heterocycles. The second-order valence-electron chi connectivity index (χ2n) is 4.08. The van der Waals surface area contributed by atoms with Crippen LogP contribution in [0.2, 0.25) is 0 Å². The van der Waals surface area contributed by atoms with Crippen LogP contribution in [-0.4, -0.2) is 18.7 Å². The Morgan fingerprint density at radius 3 is 2.73 bits per heavy atom. The third-order valence-corrected chi connectivity index (χ3v) is 2.58. The maximum atomic E-state index is 13.2. The van der Waals surface area contributed by atoms with Gasteiger partial charge in [0.2, 0.25) is 0 Å². The molecule has 0 aromatic heterocycles. The average molecular weight is 213 g/mol. The van der Waals surface area contributed by atoms with Crippen molar-refractivity contribution in [1.29, 1.82) is 0 Å². The summed E-state index contributed by atoms with van der Waals surface area (Å²) in [5.41, 5.74) is 0.0294. The van der Waals surface area contributed by atoms with Crippen molar-refractivity contribution in [3.05, 3.63) is 35.4 Å². The lowest BCUT2D eigenvalue weighted by molar-refractivity contribution is -0.0775. The number of nitrogens with one attached hydrogen (secondary N) is 1. The Hall–Kier alpha value is -1.00. The molecule has 0 spiro atoms. The molecule has 1 aliphatic heterocycles. The second-order valence-corrected chi connectivity index (χ2v) is 4.08. The van der Waals surface area contributed by atoms with Gasteiger partial charge in [-0.2, -0.15) is 0 Å². The van der Waals surface area contributed by atoms with Crippen molar-refractivity contribution in [2.75, 3.05) is 13.1 Å². The zero-order chi connectivity index (χ0) is 10.9. The van der Waals surface area contributed by atoms with E-state index in [9.17, 15) is 8.78 Å². The Balaban J connectivity index is 2.01. The van der Waals surface area contributed by atoms with Gasteiger partial charge in [0.15, 0.2) is 0 Å². The van der Waals surface area contributed by atoms with Crippen LogP contribution in [0.1, 0.15) is 12.5 Å². The predicted molar refractivity (Wildman–Crippen MR) is 52.4 cm³/mol. The molecule has 0 radical (unpaired) electrons. The van der Waals surface area contributed by atoms with Crippen LogP contribution in [0.3, 0.4) is 0 Å². The molecule has 2 nitrogen and oxygen atoms in total. The summed E-state index contributed by atoms with van der Waals surface area (Å²) in [4.78, 5) is 0. The molecule has 15 heavy (non-hydrogen) atoms. The minimum atomic E-state index is -0.438. The summed E-state index contributed by atoms with van der Waals surface area (Å²) in [6.07, 6.45) is 0. The van der Waals surface area contributed by atoms with E-state index in [0.29, 0.717) is 0 Å². The van der Waals surface area contributed by atoms with E-state index in [1.807, 2.05) is 6.92 Å². The standard InChI is InChI=1S/C11H13F2NO/c1-11(6-14-7-11)15-5-8-4-9(12)2-3-10(8)13/h2-4,14H,5-7H2,1H3. The van der Waals surface area contributed by atoms with E-state index in [1.54, 1.807) is 0 Å². The zero-order valence-electron chi connectivity index (χ0n) is 8.52. The van der Waals surface area contributed by atoms with Crippen LogP contribution in [0.4, 0.5) is 8.78 Å². The lowest BCUT2D eigenvalue weighted by Gasteiger charge is -2.39. The van der Waals surface area contributed by atoms with E-state index in [-0.39, 0.29) is 17.8 Å². The van der Waals surface area contributed by atoms with Crippen molar-refractivity contribution >= 4 is 0 Å². The number of halogens is 2. The molecule has 0 aliphatic carbocycles. The number of hydrogen-bond donors (Lipinski definition) is 1. The van der Waals surface area contributed by atoms with Crippen LogP contribution >= 0.6 is 0 Å². The van der Waals surface area contributed by atoms with Gasteiger partial charge in [-0.25, -0.2) is 8.78 Å². The first kappa shape index (κ1) is 10.5. The SMILES string of the molecule is CC1(OCc2cc(F)ccc2F)CNC1. The van der Waals surface area contributed by atoms with Crippen molar-refractivity contribution < 1.29 is 13.5 Å². The normalized spacial score (nSPS) is 18.6. The van der Waals surface area contributed by atoms with Crippen molar-refractivity contribution in [1.82, 2.24) is 5.32 Å². The van der Waals surface area contributed by atoms with E-state index in [1.165, 1.54) is 6.07 Å². The maximum Gasteiger partial charge on any atom is 0.128 e. The molecule has 1 fully saturated rings. The van der Waals surface area contributed by atoms with Crippen molar-refractivity contribution in [3.8, 4) is 0 Å². The molecule has 4 heteroatoms. The van der Waals surface area contributed by atoms with Crippen molar-refractivity contribution in [3.63, 3.8) is 0 Å². The molecule has 0 saturated carbocycles. The van der Waals surface area contributed by atoms with Gasteiger partial charge in [0.1, 0.15) is 11.6 Å². The van der Waals surface area contributed by atoms with Gasteiger partial charge in [0, 0.05) is 18.7 Å². The van der Waals surface area contributed by atoms with Crippen molar-refractivity contribution in [2.24, 2.45) is 0 Å². The highest BCUT2D eigenvalue weighted by Crippen LogP contribution is 2.19. The average Bonchev–Trinajstić information content (AvgIpc) is 2.17. The van der Waals surface area contributed by atoms with Gasteiger partial charge in [-0.1, -0.05) is 0 Å². The zero-order valence-corrected chi connectivity index (χ0v) is 8.52. The third-order valence-electron chi connectivity index (χ3n) is 2.58. The predicted octanol–water partition coefficient (Wildman–Crippen LogP) is 1.84. The Morgan fingerprint density at radius 2 is 2.13 bits per heavy atom. The fourth-order valence-corrected chi connectivity index (χ4v) is 1.49. The quantitative estimate of drug-likeness (QED) is 0.827. The Labute approximate surface area is 87.2 Å². The van der Waals surface area contributed by atoms with E-state index < -0.39 is 11.6 Å². The molecule has 1 aliphatic rings. The second kappa shape index (κ2) is 3.87. The fraction of sp³-hybridized carbons (Fsp3) is 0.455. The summed E-state index contributed by atoms with van der Waals surface area (Å²) < 4.78 is 31.6. The van der Waals surface area contributed by atoms with Crippen molar-refractivity contribution in [2.45, 2.75) is 19.1 Å². The van der Waals surface area contributed by atoms with Crippen LogP contribution in [0.15, 0.2) is 18.2 Å². The lowest BCUT2D eigenvalue weighted by atomic mass is 10.00. The summed E-state index contributed by atoms with van der Waals surface area (Å²) in [6, 6.07) is 3.39. The van der Waals surface area contributed by atoms with E-state index >= 15 is 0 Å². The molecule has 2 rings (SSSR count). The highest BCUT2D eigenvalue weighted by Gasteiger charge is 2.32. The van der Waals surface area contributed by atoms with Gasteiger partial charge < -0.3 is 10.1 Å². The Morgan fingerprint density at radius 1 is 1.40 bits per heavy atom. The van der Waals surface area contributed by atoms with Crippen LogP contribution in [-0.2, 0) is 11.3 Å². The van der Waals surface area contributed by atoms with Gasteiger partial charge >= 0.3 is 0 Å². The molecular formula is C11H13F2NO. The molecule has 1 heterocycles. The smallest absolute Gasteiger partial charge is 0.128 e. The monoisotopic (exact) mass is 213 g/mol. The van der Waals surface area contributed by atoms with Gasteiger partial charge in [-0.3, -0.25) is 0 Å². The number of rotatable bonds is 3. The van der Waals surface area contributed by atoms with Crippen LogP contribution < -0.4 is 5.32 Å². The Kier molecular flexibility index (Phi) is 2.71. The highest BCUT2D eigenvalue weighted by atomic mass is 19.1. The molecule has 82 valence electrons. The molecule has 0 amide bonds. The summed E-state index contributed by atoms with van der Waals surface area (Å²) in [5.74, 6) is -0.862. The first-order valence-corrected chi connectivity index (χ1v) is 4.88. The number of benzene rings is 1. The lowest BCUT2D eigenvalue weighted by Crippen LogP contribution is -2.58. The molecule has 1 aromatic rings. The largest absolute Gasteiger partial charge is 0.368 e. The Bertz CT molecular complexity index is 364. The fourth-order valence-electron chi connectivity index (χ4n) is 1.49.